The summed E-state index contributed by atoms with van der Waals surface area (Å²) < 4.78 is 40.9. The summed E-state index contributed by atoms with van der Waals surface area (Å²) in [5, 5.41) is 1.73. The van der Waals surface area contributed by atoms with Gasteiger partial charge in [-0.3, -0.25) is 4.18 Å². The van der Waals surface area contributed by atoms with Gasteiger partial charge in [0.05, 0.1) is 22.9 Å². The van der Waals surface area contributed by atoms with Crippen molar-refractivity contribution in [3.63, 3.8) is 0 Å². The third-order valence-electron chi connectivity index (χ3n) is 7.81. The number of ether oxygens (including phenoxy) is 2. The van der Waals surface area contributed by atoms with Gasteiger partial charge < -0.3 is 14.8 Å². The molecule has 0 unspecified atom stereocenters. The molecule has 0 fully saturated rings. The predicted octanol–water partition coefficient (Wildman–Crippen LogP) is 7.62. The largest absolute Gasteiger partial charge is 0.459 e. The Morgan fingerprint density at radius 1 is 0.776 bits per heavy atom. The molecule has 0 bridgehead atoms. The van der Waals surface area contributed by atoms with Crippen LogP contribution in [0.5, 0.6) is 0 Å². The fraction of sp³-hybridized carbons (Fsp3) is 0.333. The van der Waals surface area contributed by atoms with Gasteiger partial charge in [-0.25, -0.2) is 9.59 Å². The van der Waals surface area contributed by atoms with Crippen LogP contribution in [0.4, 0.5) is 4.79 Å². The molecule has 0 heterocycles. The lowest BCUT2D eigenvalue weighted by Gasteiger charge is -2.39. The number of aryl methyl sites for hydroxylation is 3. The maximum Gasteiger partial charge on any atom is 0.408 e. The fourth-order valence-corrected chi connectivity index (χ4v) is 7.95. The van der Waals surface area contributed by atoms with Crippen molar-refractivity contribution in [2.75, 3.05) is 12.9 Å². The zero-order chi connectivity index (χ0) is 35.8. The van der Waals surface area contributed by atoms with Gasteiger partial charge in [0.15, 0.2) is 0 Å². The number of carbonyl (C=O) groups excluding carboxylic acids is 2. The molecule has 0 saturated carbocycles. The van der Waals surface area contributed by atoms with Crippen molar-refractivity contribution in [1.82, 2.24) is 5.32 Å². The Bertz CT molecular complexity index is 1700. The molecule has 0 radical (unpaired) electrons. The van der Waals surface area contributed by atoms with Gasteiger partial charge in [0.1, 0.15) is 18.2 Å². The van der Waals surface area contributed by atoms with Crippen molar-refractivity contribution < 1.29 is 31.7 Å². The van der Waals surface area contributed by atoms with Crippen LogP contribution >= 0.6 is 11.8 Å². The summed E-state index contributed by atoms with van der Waals surface area (Å²) in [6, 6.07) is 31.9. The second-order valence-corrected chi connectivity index (χ2v) is 16.1. The molecule has 2 atom stereocenters. The molecule has 1 amide bonds. The molecule has 0 spiro atoms. The van der Waals surface area contributed by atoms with E-state index >= 15 is 0 Å². The van der Waals surface area contributed by atoms with Gasteiger partial charge in [-0.05, 0) is 74.9 Å². The molecule has 0 aliphatic heterocycles. The average molecular weight is 704 g/mol. The highest BCUT2D eigenvalue weighted by molar-refractivity contribution is 8.01. The number of thioether (sulfide) groups is 1. The van der Waals surface area contributed by atoms with Crippen LogP contribution in [-0.4, -0.2) is 50.2 Å². The minimum Gasteiger partial charge on any atom is -0.459 e. The third kappa shape index (κ3) is 10.2. The Morgan fingerprint density at radius 2 is 1.22 bits per heavy atom. The van der Waals surface area contributed by atoms with Crippen LogP contribution in [0.25, 0.3) is 0 Å². The van der Waals surface area contributed by atoms with E-state index in [4.69, 9.17) is 13.7 Å². The lowest BCUT2D eigenvalue weighted by molar-refractivity contribution is -0.147. The topological polar surface area (TPSA) is 108 Å². The van der Waals surface area contributed by atoms with Crippen molar-refractivity contribution in [2.24, 2.45) is 0 Å². The normalized spacial score (nSPS) is 13.3. The summed E-state index contributed by atoms with van der Waals surface area (Å²) in [5.41, 5.74) is 5.60. The van der Waals surface area contributed by atoms with Crippen molar-refractivity contribution in [1.29, 1.82) is 0 Å². The number of benzene rings is 4. The summed E-state index contributed by atoms with van der Waals surface area (Å²) in [7, 11) is -3.97. The van der Waals surface area contributed by atoms with Gasteiger partial charge in [-0.2, -0.15) is 8.42 Å². The maximum absolute atomic E-state index is 14.3. The molecule has 0 saturated heterocycles. The van der Waals surface area contributed by atoms with E-state index in [1.165, 1.54) is 11.8 Å². The minimum atomic E-state index is -3.97. The summed E-state index contributed by atoms with van der Waals surface area (Å²) in [6.07, 6.45) is 0.0948. The van der Waals surface area contributed by atoms with E-state index in [-0.39, 0.29) is 6.61 Å². The number of amides is 1. The van der Waals surface area contributed by atoms with Gasteiger partial charge in [-0.15, -0.1) is 11.8 Å². The van der Waals surface area contributed by atoms with Crippen LogP contribution in [0.15, 0.2) is 103 Å². The number of rotatable bonds is 13. The van der Waals surface area contributed by atoms with Gasteiger partial charge in [0.25, 0.3) is 10.1 Å². The van der Waals surface area contributed by atoms with Crippen molar-refractivity contribution in [2.45, 2.75) is 69.8 Å². The Kier molecular flexibility index (Phi) is 12.4. The lowest BCUT2D eigenvalue weighted by Crippen LogP contribution is -2.52. The van der Waals surface area contributed by atoms with Crippen molar-refractivity contribution in [3.05, 3.63) is 142 Å². The minimum absolute atomic E-state index is 0.0468. The predicted molar refractivity (Wildman–Crippen MR) is 195 cm³/mol. The first kappa shape index (κ1) is 37.7. The van der Waals surface area contributed by atoms with E-state index in [0.717, 1.165) is 45.2 Å². The first-order valence-corrected chi connectivity index (χ1v) is 18.7. The second kappa shape index (κ2) is 16.1. The number of esters is 1. The fourth-order valence-electron chi connectivity index (χ4n) is 5.75. The molecule has 260 valence electrons. The van der Waals surface area contributed by atoms with E-state index in [1.807, 2.05) is 124 Å². The van der Waals surface area contributed by atoms with Crippen LogP contribution in [-0.2, 0) is 39.9 Å². The molecule has 4 rings (SSSR count). The van der Waals surface area contributed by atoms with E-state index in [2.05, 4.69) is 5.32 Å². The number of carbonyl (C=O) groups is 2. The molecule has 4 aromatic rings. The summed E-state index contributed by atoms with van der Waals surface area (Å²) >= 11 is 1.30. The third-order valence-corrected chi connectivity index (χ3v) is 10.1. The van der Waals surface area contributed by atoms with Crippen molar-refractivity contribution >= 4 is 33.9 Å². The number of nitrogens with one attached hydrogen (secondary N) is 1. The Balaban J connectivity index is 1.89. The van der Waals surface area contributed by atoms with Gasteiger partial charge in [0, 0.05) is 0 Å². The molecule has 0 aromatic heterocycles. The van der Waals surface area contributed by atoms with E-state index in [1.54, 1.807) is 20.8 Å². The molecule has 4 aromatic carbocycles. The average Bonchev–Trinajstić information content (AvgIpc) is 3.03. The highest BCUT2D eigenvalue weighted by Gasteiger charge is 2.44. The highest BCUT2D eigenvalue weighted by atomic mass is 32.2. The summed E-state index contributed by atoms with van der Waals surface area (Å²) in [6.45, 7) is 10.6. The van der Waals surface area contributed by atoms with Crippen LogP contribution in [0.2, 0.25) is 0 Å². The van der Waals surface area contributed by atoms with Crippen LogP contribution < -0.4 is 5.32 Å². The molecule has 10 heteroatoms. The maximum atomic E-state index is 14.3. The highest BCUT2D eigenvalue weighted by Crippen LogP contribution is 2.51. The zero-order valence-electron chi connectivity index (χ0n) is 29.1. The lowest BCUT2D eigenvalue weighted by atomic mass is 9.84. The first-order valence-electron chi connectivity index (χ1n) is 16.0. The summed E-state index contributed by atoms with van der Waals surface area (Å²) in [5.74, 6) is -0.761. The molecule has 8 nitrogen and oxygen atoms in total. The molecular weight excluding hydrogens is 659 g/mol. The number of hydrogen-bond donors (Lipinski definition) is 1. The van der Waals surface area contributed by atoms with Crippen LogP contribution in [0, 0.1) is 20.8 Å². The monoisotopic (exact) mass is 703 g/mol. The quantitative estimate of drug-likeness (QED) is 0.0861. The van der Waals surface area contributed by atoms with Crippen LogP contribution in [0.3, 0.4) is 0 Å². The van der Waals surface area contributed by atoms with E-state index < -0.39 is 50.4 Å². The molecule has 1 N–H and O–H groups in total. The van der Waals surface area contributed by atoms with Gasteiger partial charge in [-0.1, -0.05) is 109 Å². The molecule has 49 heavy (non-hydrogen) atoms. The Labute approximate surface area is 294 Å². The second-order valence-electron chi connectivity index (χ2n) is 13.0. The molecular formula is C39H45NO7S2. The number of alkyl carbamates (subject to hydrolysis) is 1. The Morgan fingerprint density at radius 3 is 1.63 bits per heavy atom. The Hall–Kier alpha value is -4.12. The standard InChI is InChI=1S/C39H45NO7S2/c1-27-23-28(2)33(29(3)24-27)25-45-36(41)35(40-37(42)47-38(4,5)6)34(26-46-49(7,43)44)48-39(30-17-11-8-12-18-30,31-19-13-9-14-20-31)32-21-15-10-16-22-32/h8-24,34-35H,25-26H2,1-7H3,(H,40,42)/t34-,35+/m1/s1. The first-order chi connectivity index (χ1) is 23.1. The SMILES string of the molecule is Cc1cc(C)c(COC(=O)[C@@H](NC(=O)OC(C)(C)C)[C@@H](COS(C)(=O)=O)SC(c2ccccc2)(c2ccccc2)c2ccccc2)c(C)c1. The van der Waals surface area contributed by atoms with Gasteiger partial charge in [0.2, 0.25) is 0 Å². The van der Waals surface area contributed by atoms with Crippen molar-refractivity contribution in [3.8, 4) is 0 Å². The summed E-state index contributed by atoms with van der Waals surface area (Å²) in [4.78, 5) is 27.6. The zero-order valence-corrected chi connectivity index (χ0v) is 30.7. The molecule has 0 aliphatic carbocycles. The van der Waals surface area contributed by atoms with E-state index in [9.17, 15) is 18.0 Å². The van der Waals surface area contributed by atoms with E-state index in [0.29, 0.717) is 0 Å². The number of hydrogen-bond acceptors (Lipinski definition) is 8. The van der Waals surface area contributed by atoms with Gasteiger partial charge >= 0.3 is 12.1 Å². The smallest absolute Gasteiger partial charge is 0.408 e. The molecule has 0 aliphatic rings. The van der Waals surface area contributed by atoms with Crippen LogP contribution in [0.1, 0.15) is 59.7 Å².